The Morgan fingerprint density at radius 2 is 1.91 bits per heavy atom. The summed E-state index contributed by atoms with van der Waals surface area (Å²) in [6.07, 6.45) is 1.75. The van der Waals surface area contributed by atoms with Gasteiger partial charge in [-0.05, 0) is 42.0 Å². The number of phenols is 1. The number of hydrogen-bond donors (Lipinski definition) is 1. The Hall–Kier alpha value is -1.82. The van der Waals surface area contributed by atoms with Crippen molar-refractivity contribution in [2.75, 3.05) is 4.90 Å². The number of phenolic OH excluding ortho intramolecular Hbond substituents is 1. The first-order valence-corrected chi connectivity index (χ1v) is 7.97. The van der Waals surface area contributed by atoms with Crippen molar-refractivity contribution in [2.45, 2.75) is 0 Å². The topological polar surface area (TPSA) is 40.5 Å². The first kappa shape index (κ1) is 15.1. The molecule has 1 aliphatic rings. The summed E-state index contributed by atoms with van der Waals surface area (Å²) in [5.74, 6) is 0.00830. The largest absolute Gasteiger partial charge is 0.508 e. The third kappa shape index (κ3) is 3.02. The molecular weight excluding hydrogens is 338 g/mol. The fraction of sp³-hybridized carbons (Fsp3) is 0. The average Bonchev–Trinajstić information content (AvgIpc) is 2.76. The van der Waals surface area contributed by atoms with E-state index in [9.17, 15) is 9.90 Å². The Labute approximate surface area is 142 Å². The zero-order valence-electron chi connectivity index (χ0n) is 11.2. The summed E-state index contributed by atoms with van der Waals surface area (Å²) in [5, 5.41) is 9.84. The minimum Gasteiger partial charge on any atom is -0.508 e. The van der Waals surface area contributed by atoms with Gasteiger partial charge in [-0.1, -0.05) is 53.8 Å². The predicted molar refractivity (Wildman–Crippen MR) is 95.2 cm³/mol. The molecule has 1 heterocycles. The molecule has 0 saturated carbocycles. The molecule has 1 N–H and O–H groups in total. The van der Waals surface area contributed by atoms with Gasteiger partial charge >= 0.3 is 0 Å². The highest BCUT2D eigenvalue weighted by molar-refractivity contribution is 8.27. The summed E-state index contributed by atoms with van der Waals surface area (Å²) in [6, 6.07) is 13.6. The predicted octanol–water partition coefficient (Wildman–Crippen LogP) is 4.45. The van der Waals surface area contributed by atoms with Crippen LogP contribution in [-0.2, 0) is 4.79 Å². The molecule has 110 valence electrons. The molecule has 0 radical (unpaired) electrons. The van der Waals surface area contributed by atoms with Crippen LogP contribution in [0.25, 0.3) is 6.08 Å². The van der Waals surface area contributed by atoms with Crippen molar-refractivity contribution in [1.82, 2.24) is 0 Å². The second kappa shape index (κ2) is 6.12. The Bertz CT molecular complexity index is 787. The minimum atomic E-state index is -0.176. The van der Waals surface area contributed by atoms with E-state index in [-0.39, 0.29) is 11.7 Å². The van der Waals surface area contributed by atoms with Gasteiger partial charge in [-0.3, -0.25) is 9.69 Å². The molecular formula is C16H10ClNO2S2. The van der Waals surface area contributed by atoms with Crippen LogP contribution in [0.5, 0.6) is 5.75 Å². The van der Waals surface area contributed by atoms with Crippen LogP contribution >= 0.6 is 35.6 Å². The van der Waals surface area contributed by atoms with Crippen molar-refractivity contribution in [3.8, 4) is 5.75 Å². The van der Waals surface area contributed by atoms with Gasteiger partial charge < -0.3 is 5.11 Å². The quantitative estimate of drug-likeness (QED) is 0.643. The van der Waals surface area contributed by atoms with Crippen LogP contribution in [0.15, 0.2) is 53.4 Å². The smallest absolute Gasteiger partial charge is 0.270 e. The average molecular weight is 348 g/mol. The second-order valence-corrected chi connectivity index (χ2v) is 6.70. The number of hydrogen-bond acceptors (Lipinski definition) is 4. The molecule has 0 aromatic heterocycles. The van der Waals surface area contributed by atoms with Gasteiger partial charge in [0.1, 0.15) is 5.75 Å². The van der Waals surface area contributed by atoms with E-state index in [0.29, 0.717) is 19.9 Å². The molecule has 0 spiro atoms. The fourth-order valence-electron chi connectivity index (χ4n) is 2.03. The molecule has 3 nitrogen and oxygen atoms in total. The molecule has 6 heteroatoms. The van der Waals surface area contributed by atoms with E-state index in [0.717, 1.165) is 5.56 Å². The Morgan fingerprint density at radius 3 is 2.59 bits per heavy atom. The normalized spacial score (nSPS) is 16.6. The highest BCUT2D eigenvalue weighted by Gasteiger charge is 2.33. The summed E-state index contributed by atoms with van der Waals surface area (Å²) in [7, 11) is 0. The molecule has 1 fully saturated rings. The summed E-state index contributed by atoms with van der Waals surface area (Å²) < 4.78 is 0.470. The Morgan fingerprint density at radius 1 is 1.18 bits per heavy atom. The van der Waals surface area contributed by atoms with Crippen molar-refractivity contribution in [1.29, 1.82) is 0 Å². The lowest BCUT2D eigenvalue weighted by molar-refractivity contribution is -0.113. The number of aromatic hydroxyl groups is 1. The van der Waals surface area contributed by atoms with Crippen LogP contribution in [0.4, 0.5) is 5.69 Å². The molecule has 0 unspecified atom stereocenters. The molecule has 3 rings (SSSR count). The SMILES string of the molecule is O=C1/C(=C\c2ccc(O)cc2)SC(=S)N1c1cccc(Cl)c1. The van der Waals surface area contributed by atoms with Crippen LogP contribution in [0.3, 0.4) is 0 Å². The zero-order chi connectivity index (χ0) is 15.7. The third-order valence-electron chi connectivity index (χ3n) is 3.05. The first-order chi connectivity index (χ1) is 10.5. The van der Waals surface area contributed by atoms with Gasteiger partial charge in [0.2, 0.25) is 0 Å². The maximum atomic E-state index is 12.6. The van der Waals surface area contributed by atoms with Crippen molar-refractivity contribution < 1.29 is 9.90 Å². The number of carbonyl (C=O) groups is 1. The molecule has 22 heavy (non-hydrogen) atoms. The highest BCUT2D eigenvalue weighted by Crippen LogP contribution is 2.36. The van der Waals surface area contributed by atoms with Crippen molar-refractivity contribution in [2.24, 2.45) is 0 Å². The van der Waals surface area contributed by atoms with Crippen molar-refractivity contribution >= 4 is 57.6 Å². The van der Waals surface area contributed by atoms with E-state index in [4.69, 9.17) is 23.8 Å². The number of rotatable bonds is 2. The number of benzene rings is 2. The molecule has 1 amide bonds. The van der Waals surface area contributed by atoms with E-state index < -0.39 is 0 Å². The lowest BCUT2D eigenvalue weighted by Crippen LogP contribution is -2.27. The van der Waals surface area contributed by atoms with Gasteiger partial charge in [0.15, 0.2) is 4.32 Å². The molecule has 2 aromatic carbocycles. The fourth-order valence-corrected chi connectivity index (χ4v) is 3.51. The Kier molecular flexibility index (Phi) is 4.20. The maximum absolute atomic E-state index is 12.6. The standard InChI is InChI=1S/C16H10ClNO2S2/c17-11-2-1-3-12(9-11)18-15(20)14(22-16(18)21)8-10-4-6-13(19)7-5-10/h1-9,19H/b14-8+. The molecule has 2 aromatic rings. The van der Waals surface area contributed by atoms with Gasteiger partial charge in [-0.15, -0.1) is 0 Å². The third-order valence-corrected chi connectivity index (χ3v) is 4.59. The maximum Gasteiger partial charge on any atom is 0.270 e. The molecule has 1 aliphatic heterocycles. The Balaban J connectivity index is 1.93. The van der Waals surface area contributed by atoms with Gasteiger partial charge in [-0.2, -0.15) is 0 Å². The second-order valence-electron chi connectivity index (χ2n) is 4.59. The van der Waals surface area contributed by atoms with Crippen LogP contribution in [-0.4, -0.2) is 15.3 Å². The van der Waals surface area contributed by atoms with Crippen LogP contribution < -0.4 is 4.90 Å². The number of amides is 1. The molecule has 0 bridgehead atoms. The van der Waals surface area contributed by atoms with Gasteiger partial charge in [0.25, 0.3) is 5.91 Å². The molecule has 1 saturated heterocycles. The van der Waals surface area contributed by atoms with E-state index in [1.165, 1.54) is 16.7 Å². The zero-order valence-corrected chi connectivity index (χ0v) is 13.6. The number of thiocarbonyl (C=S) groups is 1. The number of halogens is 1. The number of thioether (sulfide) groups is 1. The molecule has 0 aliphatic carbocycles. The van der Waals surface area contributed by atoms with Gasteiger partial charge in [0, 0.05) is 5.02 Å². The number of nitrogens with zero attached hydrogens (tertiary/aromatic N) is 1. The van der Waals surface area contributed by atoms with E-state index in [1.54, 1.807) is 54.6 Å². The first-order valence-electron chi connectivity index (χ1n) is 6.37. The monoisotopic (exact) mass is 347 g/mol. The lowest BCUT2D eigenvalue weighted by atomic mass is 10.2. The summed E-state index contributed by atoms with van der Waals surface area (Å²) in [5.41, 5.74) is 1.48. The lowest BCUT2D eigenvalue weighted by Gasteiger charge is -2.14. The van der Waals surface area contributed by atoms with Crippen molar-refractivity contribution in [3.63, 3.8) is 0 Å². The van der Waals surface area contributed by atoms with Gasteiger partial charge in [0.05, 0.1) is 10.6 Å². The minimum absolute atomic E-state index is 0.176. The summed E-state index contributed by atoms with van der Waals surface area (Å²) >= 11 is 12.5. The number of carbonyl (C=O) groups excluding carboxylic acids is 1. The van der Waals surface area contributed by atoms with Crippen LogP contribution in [0, 0.1) is 0 Å². The van der Waals surface area contributed by atoms with E-state index >= 15 is 0 Å². The van der Waals surface area contributed by atoms with Crippen molar-refractivity contribution in [3.05, 3.63) is 64.0 Å². The van der Waals surface area contributed by atoms with Crippen LogP contribution in [0.2, 0.25) is 5.02 Å². The molecule has 0 atom stereocenters. The van der Waals surface area contributed by atoms with E-state index in [2.05, 4.69) is 0 Å². The van der Waals surface area contributed by atoms with E-state index in [1.807, 2.05) is 0 Å². The van der Waals surface area contributed by atoms with Crippen LogP contribution in [0.1, 0.15) is 5.56 Å². The van der Waals surface area contributed by atoms with Gasteiger partial charge in [-0.25, -0.2) is 0 Å². The summed E-state index contributed by atoms with van der Waals surface area (Å²) in [4.78, 5) is 14.6. The summed E-state index contributed by atoms with van der Waals surface area (Å²) in [6.45, 7) is 0. The number of anilines is 1. The highest BCUT2D eigenvalue weighted by atomic mass is 35.5.